The first-order valence-electron chi connectivity index (χ1n) is 5.78. The summed E-state index contributed by atoms with van der Waals surface area (Å²) < 4.78 is 15.4. The molecule has 1 rings (SSSR count). The van der Waals surface area contributed by atoms with Crippen LogP contribution in [0.25, 0.3) is 0 Å². The molecule has 1 aromatic carbocycles. The fourth-order valence-electron chi connectivity index (χ4n) is 1.55. The van der Waals surface area contributed by atoms with Crippen LogP contribution in [0.2, 0.25) is 0 Å². The maximum atomic E-state index is 12.0. The quantitative estimate of drug-likeness (QED) is 0.806. The molecular weight excluding hydrogens is 266 g/mol. The van der Waals surface area contributed by atoms with Crippen molar-refractivity contribution in [1.29, 1.82) is 0 Å². The van der Waals surface area contributed by atoms with Gasteiger partial charge in [0.25, 0.3) is 5.91 Å². The number of nitrogens with one attached hydrogen (secondary N) is 1. The molecule has 1 amide bonds. The highest BCUT2D eigenvalue weighted by Gasteiger charge is 2.19. The molecule has 0 aliphatic carbocycles. The second-order valence-corrected chi connectivity index (χ2v) is 3.95. The van der Waals surface area contributed by atoms with Crippen LogP contribution in [0.15, 0.2) is 12.1 Å². The summed E-state index contributed by atoms with van der Waals surface area (Å²) >= 11 is 0. The number of methoxy groups -OCH3 is 3. The van der Waals surface area contributed by atoms with Gasteiger partial charge in [0.15, 0.2) is 11.5 Å². The van der Waals surface area contributed by atoms with Gasteiger partial charge in [-0.2, -0.15) is 0 Å². The Hall–Kier alpha value is -2.44. The Morgan fingerprint density at radius 3 is 1.95 bits per heavy atom. The standard InChI is InChI=1S/C13H17NO6/c1-7(13(16)17)14-12(15)8-5-9(18-2)11(20-4)10(6-8)19-3/h5-7H,1-4H3,(H,14,15)(H,16,17)/t7-/m1/s1. The van der Waals surface area contributed by atoms with Crippen LogP contribution in [0.5, 0.6) is 17.2 Å². The van der Waals surface area contributed by atoms with E-state index in [-0.39, 0.29) is 5.56 Å². The van der Waals surface area contributed by atoms with Crippen molar-refractivity contribution in [1.82, 2.24) is 5.32 Å². The lowest BCUT2D eigenvalue weighted by Crippen LogP contribution is -2.38. The average Bonchev–Trinajstić information content (AvgIpc) is 2.45. The van der Waals surface area contributed by atoms with Gasteiger partial charge in [0.2, 0.25) is 5.75 Å². The molecule has 0 aliphatic heterocycles. The summed E-state index contributed by atoms with van der Waals surface area (Å²) in [7, 11) is 4.31. The lowest BCUT2D eigenvalue weighted by Gasteiger charge is -2.15. The Labute approximate surface area is 116 Å². The molecule has 0 saturated carbocycles. The molecule has 0 aliphatic rings. The third kappa shape index (κ3) is 3.31. The summed E-state index contributed by atoms with van der Waals surface area (Å²) in [6.45, 7) is 1.37. The van der Waals surface area contributed by atoms with Crippen molar-refractivity contribution in [3.05, 3.63) is 17.7 Å². The molecule has 0 bridgehead atoms. The lowest BCUT2D eigenvalue weighted by atomic mass is 10.1. The van der Waals surface area contributed by atoms with E-state index < -0.39 is 17.9 Å². The van der Waals surface area contributed by atoms with Gasteiger partial charge in [0.05, 0.1) is 21.3 Å². The molecule has 110 valence electrons. The normalized spacial score (nSPS) is 11.4. The maximum absolute atomic E-state index is 12.0. The van der Waals surface area contributed by atoms with E-state index >= 15 is 0 Å². The fraction of sp³-hybridized carbons (Fsp3) is 0.385. The largest absolute Gasteiger partial charge is 0.493 e. The molecule has 0 unspecified atom stereocenters. The van der Waals surface area contributed by atoms with E-state index in [1.54, 1.807) is 0 Å². The van der Waals surface area contributed by atoms with Crippen LogP contribution in [-0.2, 0) is 4.79 Å². The van der Waals surface area contributed by atoms with Crippen LogP contribution in [0.4, 0.5) is 0 Å². The highest BCUT2D eigenvalue weighted by molar-refractivity contribution is 5.97. The van der Waals surface area contributed by atoms with Gasteiger partial charge >= 0.3 is 5.97 Å². The predicted molar refractivity (Wildman–Crippen MR) is 70.7 cm³/mol. The highest BCUT2D eigenvalue weighted by Crippen LogP contribution is 2.38. The average molecular weight is 283 g/mol. The summed E-state index contributed by atoms with van der Waals surface area (Å²) in [5, 5.41) is 11.1. The summed E-state index contributed by atoms with van der Waals surface area (Å²) in [6, 6.07) is 1.90. The molecule has 0 fully saturated rings. The predicted octanol–water partition coefficient (Wildman–Crippen LogP) is 0.915. The van der Waals surface area contributed by atoms with Crippen LogP contribution < -0.4 is 19.5 Å². The van der Waals surface area contributed by atoms with Gasteiger partial charge in [-0.15, -0.1) is 0 Å². The molecule has 7 nitrogen and oxygen atoms in total. The number of aliphatic carboxylic acids is 1. The third-order valence-corrected chi connectivity index (χ3v) is 2.64. The van der Waals surface area contributed by atoms with E-state index in [2.05, 4.69) is 5.32 Å². The number of carbonyl (C=O) groups is 2. The summed E-state index contributed by atoms with van der Waals surface area (Å²) in [5.74, 6) is -0.664. The van der Waals surface area contributed by atoms with Gasteiger partial charge in [-0.25, -0.2) is 0 Å². The molecule has 2 N–H and O–H groups in total. The maximum Gasteiger partial charge on any atom is 0.325 e. The van der Waals surface area contributed by atoms with Crippen LogP contribution >= 0.6 is 0 Å². The Morgan fingerprint density at radius 1 is 1.10 bits per heavy atom. The number of hydrogen-bond donors (Lipinski definition) is 2. The van der Waals surface area contributed by atoms with Crippen molar-refractivity contribution in [2.45, 2.75) is 13.0 Å². The molecule has 7 heteroatoms. The summed E-state index contributed by atoms with van der Waals surface area (Å²) in [4.78, 5) is 22.7. The Kier molecular flexibility index (Phi) is 5.19. The number of amides is 1. The van der Waals surface area contributed by atoms with Crippen molar-refractivity contribution >= 4 is 11.9 Å². The Balaban J connectivity index is 3.13. The molecule has 0 spiro atoms. The van der Waals surface area contributed by atoms with Gasteiger partial charge in [0, 0.05) is 5.56 Å². The first kappa shape index (κ1) is 15.6. The van der Waals surface area contributed by atoms with Crippen molar-refractivity contribution in [2.24, 2.45) is 0 Å². The van der Waals surface area contributed by atoms with Gasteiger partial charge in [0.1, 0.15) is 6.04 Å². The van der Waals surface area contributed by atoms with Crippen LogP contribution in [0.3, 0.4) is 0 Å². The van der Waals surface area contributed by atoms with Crippen molar-refractivity contribution in [3.63, 3.8) is 0 Å². The SMILES string of the molecule is COc1cc(C(=O)N[C@H](C)C(=O)O)cc(OC)c1OC. The Bertz CT molecular complexity index is 489. The minimum Gasteiger partial charge on any atom is -0.493 e. The zero-order chi connectivity index (χ0) is 15.3. The zero-order valence-electron chi connectivity index (χ0n) is 11.7. The van der Waals surface area contributed by atoms with Crippen molar-refractivity contribution < 1.29 is 28.9 Å². The monoisotopic (exact) mass is 283 g/mol. The smallest absolute Gasteiger partial charge is 0.325 e. The number of hydrogen-bond acceptors (Lipinski definition) is 5. The zero-order valence-corrected chi connectivity index (χ0v) is 11.7. The fourth-order valence-corrected chi connectivity index (χ4v) is 1.55. The minimum atomic E-state index is -1.12. The molecule has 20 heavy (non-hydrogen) atoms. The summed E-state index contributed by atoms with van der Waals surface area (Å²) in [5.41, 5.74) is 0.215. The number of rotatable bonds is 6. The number of carbonyl (C=O) groups excluding carboxylic acids is 1. The van der Waals surface area contributed by atoms with E-state index in [4.69, 9.17) is 19.3 Å². The van der Waals surface area contributed by atoms with Gasteiger partial charge < -0.3 is 24.6 Å². The van der Waals surface area contributed by atoms with Crippen LogP contribution in [0, 0.1) is 0 Å². The topological polar surface area (TPSA) is 94.1 Å². The van der Waals surface area contributed by atoms with E-state index in [9.17, 15) is 9.59 Å². The van der Waals surface area contributed by atoms with Gasteiger partial charge in [-0.1, -0.05) is 0 Å². The van der Waals surface area contributed by atoms with Gasteiger partial charge in [-0.3, -0.25) is 9.59 Å². The molecule has 1 atom stereocenters. The van der Waals surface area contributed by atoms with Crippen LogP contribution in [-0.4, -0.2) is 44.4 Å². The minimum absolute atomic E-state index is 0.215. The molecule has 0 heterocycles. The van der Waals surface area contributed by atoms with Crippen molar-refractivity contribution in [2.75, 3.05) is 21.3 Å². The lowest BCUT2D eigenvalue weighted by molar-refractivity contribution is -0.138. The Morgan fingerprint density at radius 2 is 1.60 bits per heavy atom. The van der Waals surface area contributed by atoms with Crippen LogP contribution in [0.1, 0.15) is 17.3 Å². The van der Waals surface area contributed by atoms with E-state index in [1.165, 1.54) is 40.4 Å². The summed E-state index contributed by atoms with van der Waals surface area (Å²) in [6.07, 6.45) is 0. The first-order valence-corrected chi connectivity index (χ1v) is 5.78. The molecular formula is C13H17NO6. The highest BCUT2D eigenvalue weighted by atomic mass is 16.5. The second-order valence-electron chi connectivity index (χ2n) is 3.95. The second kappa shape index (κ2) is 6.65. The number of benzene rings is 1. The van der Waals surface area contributed by atoms with Crippen molar-refractivity contribution in [3.8, 4) is 17.2 Å². The first-order chi connectivity index (χ1) is 9.44. The van der Waals surface area contributed by atoms with Gasteiger partial charge in [-0.05, 0) is 19.1 Å². The molecule has 0 saturated heterocycles. The number of carboxylic acid groups (broad SMARTS) is 1. The van der Waals surface area contributed by atoms with E-state index in [1.807, 2.05) is 0 Å². The van der Waals surface area contributed by atoms with E-state index in [0.717, 1.165) is 0 Å². The molecule has 0 radical (unpaired) electrons. The number of ether oxygens (including phenoxy) is 3. The number of carboxylic acids is 1. The van der Waals surface area contributed by atoms with E-state index in [0.29, 0.717) is 17.2 Å². The molecule has 1 aromatic rings. The third-order valence-electron chi connectivity index (χ3n) is 2.64. The molecule has 0 aromatic heterocycles.